The number of anilines is 1. The second kappa shape index (κ2) is 7.56. The van der Waals surface area contributed by atoms with Crippen LogP contribution in [0.15, 0.2) is 40.3 Å². The molecule has 0 saturated carbocycles. The Labute approximate surface area is 193 Å². The zero-order chi connectivity index (χ0) is 24.3. The van der Waals surface area contributed by atoms with Crippen LogP contribution in [0, 0.1) is 0 Å². The molecule has 3 amide bonds. The molecule has 4 aliphatic heterocycles. The lowest BCUT2D eigenvalue weighted by atomic mass is 9.85. The van der Waals surface area contributed by atoms with Crippen molar-refractivity contribution < 1.29 is 29.3 Å². The number of ether oxygens (including phenoxy) is 1. The highest BCUT2D eigenvalue weighted by molar-refractivity contribution is 6.02. The van der Waals surface area contributed by atoms with Crippen LogP contribution in [0.3, 0.4) is 0 Å². The number of nitrogens with two attached hydrogens (primary N) is 2. The van der Waals surface area contributed by atoms with Crippen molar-refractivity contribution >= 4 is 35.5 Å². The summed E-state index contributed by atoms with van der Waals surface area (Å²) >= 11 is 0. The monoisotopic (exact) mass is 472 g/mol. The highest BCUT2D eigenvalue weighted by Gasteiger charge is 2.74. The first-order valence-electron chi connectivity index (χ1n) is 10.7. The lowest BCUT2D eigenvalue weighted by Gasteiger charge is -2.48. The SMILES string of the molecule is NC1=N[C@H]2C(CN3C(=O)CCC3=O)N=C(N)N3CC(OC(=O)Nc4ccccc4)C(O)(O)[C@]23N1. The molecule has 4 atom stereocenters. The first-order chi connectivity index (χ1) is 16.1. The quantitative estimate of drug-likeness (QED) is 0.199. The maximum atomic E-state index is 12.5. The van der Waals surface area contributed by atoms with Gasteiger partial charge < -0.3 is 36.6 Å². The molecule has 180 valence electrons. The maximum Gasteiger partial charge on any atom is 0.412 e. The standard InChI is InChI=1S/C20H24N8O6/c21-16-25-15-11(8-27-13(29)6-7-14(27)30)24-17(22)28-9-12(20(32,33)19(15,28)26-16)34-18(31)23-10-4-2-1-3-5-10/h1-5,11-12,15,32-33H,6-9H2,(H2,22,24)(H,23,31)(H3,21,25,26)/t11?,12?,15-,19-/m0/s1. The Morgan fingerprint density at radius 1 is 1.18 bits per heavy atom. The molecule has 2 saturated heterocycles. The van der Waals surface area contributed by atoms with Crippen molar-refractivity contribution in [1.29, 1.82) is 0 Å². The van der Waals surface area contributed by atoms with E-state index in [1.54, 1.807) is 30.3 Å². The summed E-state index contributed by atoms with van der Waals surface area (Å²) in [5, 5.41) is 27.9. The first-order valence-corrected chi connectivity index (χ1v) is 10.7. The highest BCUT2D eigenvalue weighted by Crippen LogP contribution is 2.46. The number of carbonyl (C=O) groups excluding carboxylic acids is 3. The van der Waals surface area contributed by atoms with Crippen molar-refractivity contribution in [3.05, 3.63) is 30.3 Å². The number of rotatable bonds is 4. The van der Waals surface area contributed by atoms with Crippen molar-refractivity contribution in [2.75, 3.05) is 18.4 Å². The average Bonchev–Trinajstić information content (AvgIpc) is 3.37. The van der Waals surface area contributed by atoms with Gasteiger partial charge in [-0.2, -0.15) is 0 Å². The fraction of sp³-hybridized carbons (Fsp3) is 0.450. The van der Waals surface area contributed by atoms with Gasteiger partial charge in [0.1, 0.15) is 6.04 Å². The van der Waals surface area contributed by atoms with E-state index in [4.69, 9.17) is 16.2 Å². The Morgan fingerprint density at radius 3 is 2.53 bits per heavy atom. The number of nitrogens with zero attached hydrogens (tertiary/aromatic N) is 4. The number of likely N-dealkylation sites (tertiary alicyclic amines) is 1. The zero-order valence-electron chi connectivity index (χ0n) is 17.9. The van der Waals surface area contributed by atoms with Crippen LogP contribution in [0.2, 0.25) is 0 Å². The van der Waals surface area contributed by atoms with E-state index in [-0.39, 0.29) is 49.7 Å². The van der Waals surface area contributed by atoms with Crippen LogP contribution >= 0.6 is 0 Å². The van der Waals surface area contributed by atoms with Crippen LogP contribution in [0.4, 0.5) is 10.5 Å². The van der Waals surface area contributed by atoms with Crippen LogP contribution in [0.25, 0.3) is 0 Å². The summed E-state index contributed by atoms with van der Waals surface area (Å²) in [6.45, 7) is -0.391. The lowest BCUT2D eigenvalue weighted by Crippen LogP contribution is -2.77. The number of para-hydroxylation sites is 1. The number of aliphatic imine (C=N–C) groups is 2. The van der Waals surface area contributed by atoms with E-state index in [0.717, 1.165) is 4.90 Å². The van der Waals surface area contributed by atoms with E-state index in [1.165, 1.54) is 4.90 Å². The van der Waals surface area contributed by atoms with Crippen LogP contribution in [0.5, 0.6) is 0 Å². The van der Waals surface area contributed by atoms with Crippen molar-refractivity contribution in [3.8, 4) is 0 Å². The fourth-order valence-electron chi connectivity index (χ4n) is 4.98. The Hall–Kier alpha value is -3.91. The summed E-state index contributed by atoms with van der Waals surface area (Å²) in [5.41, 5.74) is 10.7. The number of carbonyl (C=O) groups is 3. The van der Waals surface area contributed by atoms with E-state index in [1.807, 2.05) is 0 Å². The van der Waals surface area contributed by atoms with Crippen molar-refractivity contribution in [2.24, 2.45) is 21.5 Å². The molecule has 1 aromatic carbocycles. The molecule has 4 heterocycles. The summed E-state index contributed by atoms with van der Waals surface area (Å²) in [7, 11) is 0. The van der Waals surface area contributed by atoms with E-state index < -0.39 is 35.7 Å². The van der Waals surface area contributed by atoms with Crippen LogP contribution in [0.1, 0.15) is 12.8 Å². The summed E-state index contributed by atoms with van der Waals surface area (Å²) in [6.07, 6.45) is -2.21. The maximum absolute atomic E-state index is 12.5. The second-order valence-electron chi connectivity index (χ2n) is 8.53. The van der Waals surface area contributed by atoms with Gasteiger partial charge in [0.2, 0.25) is 17.6 Å². The number of hydrogen-bond acceptors (Lipinski definition) is 12. The molecule has 5 rings (SSSR count). The molecule has 1 spiro atoms. The van der Waals surface area contributed by atoms with Crippen molar-refractivity contribution in [2.45, 2.75) is 42.5 Å². The van der Waals surface area contributed by atoms with Crippen LogP contribution < -0.4 is 22.1 Å². The molecule has 0 radical (unpaired) electrons. The molecular formula is C20H24N8O6. The van der Waals surface area contributed by atoms with Crippen LogP contribution in [-0.4, -0.2) is 92.6 Å². The van der Waals surface area contributed by atoms with Gasteiger partial charge in [0, 0.05) is 18.5 Å². The van der Waals surface area contributed by atoms with Gasteiger partial charge in [-0.1, -0.05) is 18.2 Å². The van der Waals surface area contributed by atoms with E-state index >= 15 is 0 Å². The number of benzene rings is 1. The molecular weight excluding hydrogens is 448 g/mol. The number of amides is 3. The normalized spacial score (nSPS) is 31.4. The summed E-state index contributed by atoms with van der Waals surface area (Å²) in [6, 6.07) is 6.52. The minimum Gasteiger partial charge on any atom is -0.438 e. The predicted octanol–water partition coefficient (Wildman–Crippen LogP) is -2.57. The molecule has 2 fully saturated rings. The summed E-state index contributed by atoms with van der Waals surface area (Å²) in [4.78, 5) is 47.8. The molecule has 8 N–H and O–H groups in total. The molecule has 0 bridgehead atoms. The third-order valence-electron chi connectivity index (χ3n) is 6.54. The van der Waals surface area contributed by atoms with Gasteiger partial charge in [-0.25, -0.2) is 14.8 Å². The summed E-state index contributed by atoms with van der Waals surface area (Å²) < 4.78 is 5.36. The Bertz CT molecular complexity index is 1090. The van der Waals surface area contributed by atoms with Gasteiger partial charge in [0.15, 0.2) is 23.7 Å². The number of guanidine groups is 2. The number of hydrogen-bond donors (Lipinski definition) is 6. The molecule has 2 unspecified atom stereocenters. The number of nitrogens with one attached hydrogen (secondary N) is 2. The Balaban J connectivity index is 1.42. The second-order valence-corrected chi connectivity index (χ2v) is 8.53. The molecule has 34 heavy (non-hydrogen) atoms. The molecule has 4 aliphatic rings. The van der Waals surface area contributed by atoms with Gasteiger partial charge in [-0.3, -0.25) is 19.8 Å². The zero-order valence-corrected chi connectivity index (χ0v) is 17.9. The fourth-order valence-corrected chi connectivity index (χ4v) is 4.98. The molecule has 0 aliphatic carbocycles. The first kappa shape index (κ1) is 21.9. The van der Waals surface area contributed by atoms with Gasteiger partial charge in [-0.05, 0) is 12.1 Å². The molecule has 1 aromatic rings. The van der Waals surface area contributed by atoms with E-state index in [9.17, 15) is 24.6 Å². The smallest absolute Gasteiger partial charge is 0.412 e. The topological polar surface area (TPSA) is 208 Å². The molecule has 14 nitrogen and oxygen atoms in total. The van der Waals surface area contributed by atoms with Crippen LogP contribution in [-0.2, 0) is 14.3 Å². The number of aliphatic hydroxyl groups is 2. The largest absolute Gasteiger partial charge is 0.438 e. The Morgan fingerprint density at radius 2 is 1.85 bits per heavy atom. The van der Waals surface area contributed by atoms with Gasteiger partial charge in [0.25, 0.3) is 0 Å². The van der Waals surface area contributed by atoms with E-state index in [2.05, 4.69) is 20.6 Å². The summed E-state index contributed by atoms with van der Waals surface area (Å²) in [5.74, 6) is -3.68. The third-order valence-corrected chi connectivity index (χ3v) is 6.54. The molecule has 0 aromatic heterocycles. The Kier molecular flexibility index (Phi) is 4.87. The van der Waals surface area contributed by atoms with Crippen molar-refractivity contribution in [1.82, 2.24) is 15.1 Å². The average molecular weight is 472 g/mol. The molecule has 14 heteroatoms. The third kappa shape index (κ3) is 3.13. The number of imide groups is 1. The predicted molar refractivity (Wildman–Crippen MR) is 117 cm³/mol. The van der Waals surface area contributed by atoms with Crippen molar-refractivity contribution in [3.63, 3.8) is 0 Å². The van der Waals surface area contributed by atoms with Gasteiger partial charge in [0.05, 0.1) is 19.1 Å². The minimum atomic E-state index is -2.73. The van der Waals surface area contributed by atoms with Gasteiger partial charge >= 0.3 is 6.09 Å². The van der Waals surface area contributed by atoms with E-state index in [0.29, 0.717) is 5.69 Å². The minimum absolute atomic E-state index is 0.0900. The lowest BCUT2D eigenvalue weighted by molar-refractivity contribution is -0.256. The van der Waals surface area contributed by atoms with Gasteiger partial charge in [-0.15, -0.1) is 0 Å². The highest BCUT2D eigenvalue weighted by atomic mass is 16.6.